The largest absolute Gasteiger partial charge is 0.383 e. The summed E-state index contributed by atoms with van der Waals surface area (Å²) in [4.78, 5) is 20.9. The van der Waals surface area contributed by atoms with E-state index >= 15 is 0 Å². The number of hydrogen-bond acceptors (Lipinski definition) is 4. The Morgan fingerprint density at radius 1 is 1.27 bits per heavy atom. The highest BCUT2D eigenvalue weighted by molar-refractivity contribution is 5.76. The van der Waals surface area contributed by atoms with Crippen molar-refractivity contribution in [2.24, 2.45) is 0 Å². The molecule has 1 saturated heterocycles. The lowest BCUT2D eigenvalue weighted by molar-refractivity contribution is -0.135. The summed E-state index contributed by atoms with van der Waals surface area (Å²) in [5.74, 6) is 0.252. The van der Waals surface area contributed by atoms with Crippen LogP contribution in [0.5, 0.6) is 0 Å². The fourth-order valence-corrected chi connectivity index (χ4v) is 3.16. The molecular formula is C17H27N3O2. The summed E-state index contributed by atoms with van der Waals surface area (Å²) in [5, 5.41) is 0. The number of carbonyl (C=O) groups is 1. The van der Waals surface area contributed by atoms with Gasteiger partial charge in [-0.25, -0.2) is 0 Å². The highest BCUT2D eigenvalue weighted by Crippen LogP contribution is 2.16. The number of carbonyl (C=O) groups excluding carboxylic acids is 1. The van der Waals surface area contributed by atoms with E-state index in [9.17, 15) is 4.79 Å². The van der Waals surface area contributed by atoms with Crippen LogP contribution in [0.25, 0.3) is 0 Å². The zero-order chi connectivity index (χ0) is 15.9. The first-order valence-corrected chi connectivity index (χ1v) is 8.03. The molecule has 0 bridgehead atoms. The minimum absolute atomic E-state index is 0.252. The molecule has 5 nitrogen and oxygen atoms in total. The first kappa shape index (κ1) is 16.9. The number of ether oxygens (including phenoxy) is 1. The van der Waals surface area contributed by atoms with E-state index in [1.165, 1.54) is 5.56 Å². The van der Waals surface area contributed by atoms with Crippen LogP contribution < -0.4 is 0 Å². The Morgan fingerprint density at radius 3 is 2.50 bits per heavy atom. The van der Waals surface area contributed by atoms with Gasteiger partial charge in [0.25, 0.3) is 0 Å². The topological polar surface area (TPSA) is 45.7 Å². The summed E-state index contributed by atoms with van der Waals surface area (Å²) in [5.41, 5.74) is 1.17. The van der Waals surface area contributed by atoms with Gasteiger partial charge in [-0.2, -0.15) is 0 Å². The van der Waals surface area contributed by atoms with Gasteiger partial charge in [0.2, 0.25) is 5.91 Å². The minimum atomic E-state index is 0.252. The SMILES string of the molecule is COCCN1[C@H](C)CN(C(=O)CCc2ccncc2)C[C@@H]1C. The zero-order valence-corrected chi connectivity index (χ0v) is 13.9. The predicted octanol–water partition coefficient (Wildman–Crippen LogP) is 1.58. The maximum Gasteiger partial charge on any atom is 0.223 e. The molecule has 2 atom stereocenters. The number of hydrogen-bond donors (Lipinski definition) is 0. The van der Waals surface area contributed by atoms with E-state index in [2.05, 4.69) is 23.7 Å². The molecule has 22 heavy (non-hydrogen) atoms. The van der Waals surface area contributed by atoms with Gasteiger partial charge >= 0.3 is 0 Å². The van der Waals surface area contributed by atoms with Crippen LogP contribution in [-0.2, 0) is 16.0 Å². The number of amides is 1. The lowest BCUT2D eigenvalue weighted by Crippen LogP contribution is -2.58. The van der Waals surface area contributed by atoms with Gasteiger partial charge in [-0.05, 0) is 38.0 Å². The first-order valence-electron chi connectivity index (χ1n) is 8.03. The molecule has 122 valence electrons. The first-order chi connectivity index (χ1) is 10.6. The van der Waals surface area contributed by atoms with Crippen LogP contribution >= 0.6 is 0 Å². The van der Waals surface area contributed by atoms with Crippen molar-refractivity contribution in [3.63, 3.8) is 0 Å². The Bertz CT molecular complexity index is 454. The molecule has 1 amide bonds. The minimum Gasteiger partial charge on any atom is -0.383 e. The van der Waals surface area contributed by atoms with Crippen molar-refractivity contribution in [1.29, 1.82) is 0 Å². The summed E-state index contributed by atoms with van der Waals surface area (Å²) in [6, 6.07) is 4.70. The molecule has 0 radical (unpaired) electrons. The molecule has 2 heterocycles. The van der Waals surface area contributed by atoms with Crippen LogP contribution in [0.1, 0.15) is 25.8 Å². The van der Waals surface area contributed by atoms with Gasteiger partial charge in [0.1, 0.15) is 0 Å². The number of aryl methyl sites for hydroxylation is 1. The van der Waals surface area contributed by atoms with Gasteiger partial charge in [-0.3, -0.25) is 14.7 Å². The average Bonchev–Trinajstić information content (AvgIpc) is 2.52. The smallest absolute Gasteiger partial charge is 0.223 e. The maximum absolute atomic E-state index is 12.5. The standard InChI is InChI=1S/C17H27N3O2/c1-14-12-19(13-15(2)20(14)10-11-22-3)17(21)5-4-16-6-8-18-9-7-16/h6-9,14-15H,4-5,10-13H2,1-3H3/t14-,15+. The molecule has 0 N–H and O–H groups in total. The lowest BCUT2D eigenvalue weighted by Gasteiger charge is -2.44. The number of nitrogens with zero attached hydrogens (tertiary/aromatic N) is 3. The molecule has 5 heteroatoms. The second kappa shape index (κ2) is 8.25. The lowest BCUT2D eigenvalue weighted by atomic mass is 10.1. The third-order valence-corrected chi connectivity index (χ3v) is 4.38. The predicted molar refractivity (Wildman–Crippen MR) is 86.6 cm³/mol. The molecule has 0 aliphatic carbocycles. The van der Waals surface area contributed by atoms with Crippen molar-refractivity contribution < 1.29 is 9.53 Å². The second-order valence-corrected chi connectivity index (χ2v) is 6.08. The quantitative estimate of drug-likeness (QED) is 0.800. The highest BCUT2D eigenvalue weighted by Gasteiger charge is 2.31. The van der Waals surface area contributed by atoms with E-state index in [1.807, 2.05) is 17.0 Å². The van der Waals surface area contributed by atoms with Crippen molar-refractivity contribution in [3.8, 4) is 0 Å². The monoisotopic (exact) mass is 305 g/mol. The van der Waals surface area contributed by atoms with Crippen LogP contribution in [0.3, 0.4) is 0 Å². The van der Waals surface area contributed by atoms with Crippen molar-refractivity contribution in [3.05, 3.63) is 30.1 Å². The van der Waals surface area contributed by atoms with E-state index in [4.69, 9.17) is 4.74 Å². The number of rotatable bonds is 6. The maximum atomic E-state index is 12.5. The van der Waals surface area contributed by atoms with E-state index in [1.54, 1.807) is 19.5 Å². The Kier molecular flexibility index (Phi) is 6.34. The molecule has 2 rings (SSSR count). The molecule has 1 aliphatic heterocycles. The summed E-state index contributed by atoms with van der Waals surface area (Å²) in [6.07, 6.45) is 4.91. The molecule has 1 aromatic heterocycles. The third kappa shape index (κ3) is 4.52. The number of piperazine rings is 1. The van der Waals surface area contributed by atoms with Crippen LogP contribution in [0.4, 0.5) is 0 Å². The Labute approximate surface area is 133 Å². The summed E-state index contributed by atoms with van der Waals surface area (Å²) >= 11 is 0. The van der Waals surface area contributed by atoms with Crippen LogP contribution in [0.15, 0.2) is 24.5 Å². The molecule has 0 unspecified atom stereocenters. The molecular weight excluding hydrogens is 278 g/mol. The molecule has 0 spiro atoms. The van der Waals surface area contributed by atoms with Gasteiger partial charge in [-0.1, -0.05) is 0 Å². The average molecular weight is 305 g/mol. The van der Waals surface area contributed by atoms with Crippen LogP contribution in [0, 0.1) is 0 Å². The van der Waals surface area contributed by atoms with Crippen molar-refractivity contribution in [1.82, 2.24) is 14.8 Å². The number of pyridine rings is 1. The zero-order valence-electron chi connectivity index (χ0n) is 13.9. The van der Waals surface area contributed by atoms with Gasteiger partial charge in [0.05, 0.1) is 6.61 Å². The van der Waals surface area contributed by atoms with Crippen LogP contribution in [0.2, 0.25) is 0 Å². The second-order valence-electron chi connectivity index (χ2n) is 6.08. The van der Waals surface area contributed by atoms with E-state index in [0.717, 1.165) is 32.7 Å². The Hall–Kier alpha value is -1.46. The molecule has 0 aromatic carbocycles. The molecule has 0 saturated carbocycles. The van der Waals surface area contributed by atoms with Gasteiger partial charge in [-0.15, -0.1) is 0 Å². The summed E-state index contributed by atoms with van der Waals surface area (Å²) in [7, 11) is 1.73. The third-order valence-electron chi connectivity index (χ3n) is 4.38. The van der Waals surface area contributed by atoms with E-state index < -0.39 is 0 Å². The van der Waals surface area contributed by atoms with Crippen molar-refractivity contribution in [2.75, 3.05) is 33.4 Å². The van der Waals surface area contributed by atoms with Crippen molar-refractivity contribution >= 4 is 5.91 Å². The van der Waals surface area contributed by atoms with Gasteiger partial charge in [0.15, 0.2) is 0 Å². The fraction of sp³-hybridized carbons (Fsp3) is 0.647. The van der Waals surface area contributed by atoms with Crippen molar-refractivity contribution in [2.45, 2.75) is 38.8 Å². The van der Waals surface area contributed by atoms with E-state index in [-0.39, 0.29) is 5.91 Å². The molecule has 1 aliphatic rings. The number of aromatic nitrogens is 1. The van der Waals surface area contributed by atoms with E-state index in [0.29, 0.717) is 18.5 Å². The van der Waals surface area contributed by atoms with Gasteiger partial charge < -0.3 is 9.64 Å². The van der Waals surface area contributed by atoms with Crippen LogP contribution in [-0.4, -0.2) is 66.1 Å². The molecule has 1 fully saturated rings. The highest BCUT2D eigenvalue weighted by atomic mass is 16.5. The number of methoxy groups -OCH3 is 1. The normalized spacial score (nSPS) is 22.8. The van der Waals surface area contributed by atoms with Gasteiger partial charge in [0, 0.05) is 57.6 Å². The Balaban J connectivity index is 1.84. The molecule has 1 aromatic rings. The summed E-state index contributed by atoms with van der Waals surface area (Å²) in [6.45, 7) is 7.66. The Morgan fingerprint density at radius 2 is 1.91 bits per heavy atom. The summed E-state index contributed by atoms with van der Waals surface area (Å²) < 4.78 is 5.18. The fourth-order valence-electron chi connectivity index (χ4n) is 3.16.